The molecule has 1 unspecified atom stereocenters. The van der Waals surface area contributed by atoms with Gasteiger partial charge in [0.25, 0.3) is 23.4 Å². The molecule has 192 valence electrons. The fourth-order valence-corrected chi connectivity index (χ4v) is 5.72. The van der Waals surface area contributed by atoms with E-state index in [9.17, 15) is 29.3 Å². The smallest absolute Gasteiger partial charge is 0.329 e. The molecule has 1 aliphatic rings. The number of thiophene rings is 1. The number of rotatable bonds is 11. The van der Waals surface area contributed by atoms with Crippen LogP contribution >= 0.6 is 34.7 Å². The lowest BCUT2D eigenvalue weighted by atomic mass is 10.1. The fraction of sp³-hybridized carbons (Fsp3) is 0.364. The molecule has 2 aromatic rings. The maximum Gasteiger partial charge on any atom is 0.329 e. The highest BCUT2D eigenvalue weighted by Gasteiger charge is 2.28. The minimum absolute atomic E-state index is 0.0494. The molecule has 0 radical (unpaired) electrons. The second-order valence-corrected chi connectivity index (χ2v) is 10.3. The van der Waals surface area contributed by atoms with Crippen LogP contribution in [0.4, 0.5) is 10.7 Å². The number of primary amides is 1. The molecule has 0 fully saturated rings. The Balaban J connectivity index is 1.63. The Morgan fingerprint density at radius 2 is 2.06 bits per heavy atom. The molecule has 36 heavy (non-hydrogen) atoms. The van der Waals surface area contributed by atoms with Gasteiger partial charge in [-0.05, 0) is 49.3 Å². The second kappa shape index (κ2) is 12.2. The number of nitrogens with two attached hydrogens (primary N) is 1. The van der Waals surface area contributed by atoms with E-state index < -0.39 is 41.3 Å². The minimum Gasteiger partial charge on any atom is -0.454 e. The van der Waals surface area contributed by atoms with Gasteiger partial charge in [-0.3, -0.25) is 24.5 Å². The Morgan fingerprint density at radius 3 is 2.69 bits per heavy atom. The van der Waals surface area contributed by atoms with Gasteiger partial charge in [-0.2, -0.15) is 11.8 Å². The molecule has 1 aromatic heterocycles. The normalized spacial score (nSPS) is 12.9. The third kappa shape index (κ3) is 6.53. The third-order valence-electron chi connectivity index (χ3n) is 5.37. The number of carbonyl (C=O) groups is 4. The average molecular weight is 555 g/mol. The molecule has 0 saturated carbocycles. The van der Waals surface area contributed by atoms with Crippen molar-refractivity contribution < 1.29 is 28.8 Å². The Hall–Kier alpha value is -3.16. The number of ether oxygens (including phenoxy) is 1. The van der Waals surface area contributed by atoms with Crippen molar-refractivity contribution in [1.29, 1.82) is 0 Å². The Labute approximate surface area is 219 Å². The lowest BCUT2D eigenvalue weighted by Crippen LogP contribution is -2.43. The highest BCUT2D eigenvalue weighted by Crippen LogP contribution is 2.38. The van der Waals surface area contributed by atoms with Crippen molar-refractivity contribution in [3.8, 4) is 0 Å². The maximum absolute atomic E-state index is 12.7. The summed E-state index contributed by atoms with van der Waals surface area (Å²) in [5, 5.41) is 16.2. The number of carbonyl (C=O) groups excluding carboxylic acids is 4. The summed E-state index contributed by atoms with van der Waals surface area (Å²) in [5.74, 6) is -2.34. The Bertz CT molecular complexity index is 1220. The number of fused-ring (bicyclic) bond motifs is 1. The van der Waals surface area contributed by atoms with Crippen LogP contribution in [0.15, 0.2) is 18.2 Å². The van der Waals surface area contributed by atoms with E-state index in [0.29, 0.717) is 17.2 Å². The number of nitro benzene ring substituents is 1. The molecular weight excluding hydrogens is 532 g/mol. The molecule has 1 aliphatic carbocycles. The summed E-state index contributed by atoms with van der Waals surface area (Å²) in [6, 6.07) is 2.27. The van der Waals surface area contributed by atoms with Crippen LogP contribution in [0.5, 0.6) is 0 Å². The largest absolute Gasteiger partial charge is 0.454 e. The number of anilines is 1. The molecule has 0 spiro atoms. The topological polar surface area (TPSA) is 171 Å². The van der Waals surface area contributed by atoms with Crippen molar-refractivity contribution in [3.63, 3.8) is 0 Å². The molecule has 14 heteroatoms. The first kappa shape index (κ1) is 27.4. The molecule has 11 nitrogen and oxygen atoms in total. The van der Waals surface area contributed by atoms with E-state index in [0.717, 1.165) is 35.4 Å². The van der Waals surface area contributed by atoms with Crippen LogP contribution < -0.4 is 16.4 Å². The summed E-state index contributed by atoms with van der Waals surface area (Å²) < 4.78 is 5.12. The third-order valence-corrected chi connectivity index (χ3v) is 7.54. The molecule has 0 saturated heterocycles. The quantitative estimate of drug-likeness (QED) is 0.216. The number of nitrogens with one attached hydrogen (secondary N) is 2. The molecule has 1 atom stereocenters. The zero-order chi connectivity index (χ0) is 26.4. The summed E-state index contributed by atoms with van der Waals surface area (Å²) >= 11 is 8.73. The van der Waals surface area contributed by atoms with E-state index in [-0.39, 0.29) is 28.3 Å². The predicted octanol–water partition coefficient (Wildman–Crippen LogP) is 2.93. The standard InChI is InChI=1S/C22H23ClN4O7S2/c1-35-8-7-15(25-20(30)12-6-5-11(27(32)33)9-14(12)23)22(31)34-10-17(28)26-21-18(19(24)29)13-3-2-4-16(13)36-21/h5-6,9,15H,2-4,7-8,10H2,1H3,(H2,24,29)(H,25,30)(H,26,28). The van der Waals surface area contributed by atoms with Gasteiger partial charge in [0.2, 0.25) is 0 Å². The molecule has 4 N–H and O–H groups in total. The molecule has 3 amide bonds. The Kier molecular flexibility index (Phi) is 9.29. The molecule has 1 heterocycles. The van der Waals surface area contributed by atoms with E-state index in [1.807, 2.05) is 6.26 Å². The van der Waals surface area contributed by atoms with Gasteiger partial charge in [0.05, 0.1) is 21.1 Å². The van der Waals surface area contributed by atoms with Gasteiger partial charge in [0.15, 0.2) is 6.61 Å². The van der Waals surface area contributed by atoms with E-state index in [1.165, 1.54) is 29.2 Å². The highest BCUT2D eigenvalue weighted by atomic mass is 35.5. The monoisotopic (exact) mass is 554 g/mol. The number of aryl methyl sites for hydroxylation is 1. The summed E-state index contributed by atoms with van der Waals surface area (Å²) in [6.07, 6.45) is 4.47. The average Bonchev–Trinajstić information content (AvgIpc) is 3.40. The van der Waals surface area contributed by atoms with Gasteiger partial charge in [-0.15, -0.1) is 11.3 Å². The first-order chi connectivity index (χ1) is 17.1. The number of non-ortho nitro benzene ring substituents is 1. The van der Waals surface area contributed by atoms with Crippen LogP contribution in [0.25, 0.3) is 0 Å². The van der Waals surface area contributed by atoms with Crippen molar-refractivity contribution in [2.75, 3.05) is 23.9 Å². The van der Waals surface area contributed by atoms with Crippen LogP contribution in [0.2, 0.25) is 5.02 Å². The SMILES string of the molecule is CSCCC(NC(=O)c1ccc([N+](=O)[O-])cc1Cl)C(=O)OCC(=O)Nc1sc2c(c1C(N)=O)CCC2. The predicted molar refractivity (Wildman–Crippen MR) is 137 cm³/mol. The first-order valence-electron chi connectivity index (χ1n) is 10.8. The summed E-state index contributed by atoms with van der Waals surface area (Å²) in [6.45, 7) is -0.635. The number of amides is 3. The van der Waals surface area contributed by atoms with Crippen molar-refractivity contribution in [1.82, 2.24) is 5.32 Å². The first-order valence-corrected chi connectivity index (χ1v) is 13.4. The number of hydrogen-bond donors (Lipinski definition) is 3. The number of benzene rings is 1. The number of thioether (sulfide) groups is 1. The van der Waals surface area contributed by atoms with Crippen molar-refractivity contribution in [3.05, 3.63) is 54.9 Å². The maximum atomic E-state index is 12.7. The number of hydrogen-bond acceptors (Lipinski definition) is 9. The summed E-state index contributed by atoms with van der Waals surface area (Å²) in [7, 11) is 0. The fourth-order valence-electron chi connectivity index (χ4n) is 3.68. The van der Waals surface area contributed by atoms with Gasteiger partial charge < -0.3 is 21.1 Å². The molecule has 0 aliphatic heterocycles. The second-order valence-electron chi connectivity index (χ2n) is 7.81. The highest BCUT2D eigenvalue weighted by molar-refractivity contribution is 7.98. The molecule has 1 aromatic carbocycles. The lowest BCUT2D eigenvalue weighted by Gasteiger charge is -2.17. The molecule has 0 bridgehead atoms. The lowest BCUT2D eigenvalue weighted by molar-refractivity contribution is -0.384. The van der Waals surface area contributed by atoms with Gasteiger partial charge in [0.1, 0.15) is 11.0 Å². The number of nitrogens with zero attached hydrogens (tertiary/aromatic N) is 1. The van der Waals surface area contributed by atoms with Gasteiger partial charge in [-0.1, -0.05) is 11.6 Å². The Morgan fingerprint density at radius 1 is 1.31 bits per heavy atom. The summed E-state index contributed by atoms with van der Waals surface area (Å²) in [5.41, 5.74) is 6.30. The van der Waals surface area contributed by atoms with E-state index in [1.54, 1.807) is 0 Å². The summed E-state index contributed by atoms with van der Waals surface area (Å²) in [4.78, 5) is 60.9. The van der Waals surface area contributed by atoms with Crippen molar-refractivity contribution >= 4 is 69.1 Å². The zero-order valence-electron chi connectivity index (χ0n) is 19.1. The van der Waals surface area contributed by atoms with Crippen LogP contribution in [0, 0.1) is 10.1 Å². The van der Waals surface area contributed by atoms with Crippen LogP contribution in [-0.4, -0.2) is 53.3 Å². The van der Waals surface area contributed by atoms with E-state index >= 15 is 0 Å². The zero-order valence-corrected chi connectivity index (χ0v) is 21.5. The number of nitro groups is 1. The van der Waals surface area contributed by atoms with E-state index in [4.69, 9.17) is 22.1 Å². The van der Waals surface area contributed by atoms with Crippen LogP contribution in [0.1, 0.15) is 44.0 Å². The van der Waals surface area contributed by atoms with Gasteiger partial charge in [-0.25, -0.2) is 4.79 Å². The van der Waals surface area contributed by atoms with Crippen molar-refractivity contribution in [2.24, 2.45) is 5.73 Å². The van der Waals surface area contributed by atoms with Crippen LogP contribution in [0.3, 0.4) is 0 Å². The number of halogens is 1. The minimum atomic E-state index is -1.09. The molecular formula is C22H23ClN4O7S2. The van der Waals surface area contributed by atoms with E-state index in [2.05, 4.69) is 10.6 Å². The van der Waals surface area contributed by atoms with Crippen LogP contribution in [-0.2, 0) is 27.2 Å². The van der Waals surface area contributed by atoms with Gasteiger partial charge in [0, 0.05) is 17.0 Å². The number of esters is 1. The van der Waals surface area contributed by atoms with Gasteiger partial charge >= 0.3 is 5.97 Å². The van der Waals surface area contributed by atoms with Crippen molar-refractivity contribution in [2.45, 2.75) is 31.7 Å². The molecule has 3 rings (SSSR count).